The Bertz CT molecular complexity index is 985. The predicted octanol–water partition coefficient (Wildman–Crippen LogP) is 3.16. The third kappa shape index (κ3) is 3.75. The number of benzene rings is 1. The number of pyridine rings is 1. The monoisotopic (exact) mass is 430 g/mol. The number of nitrogens with one attached hydrogen (secondary N) is 1. The highest BCUT2D eigenvalue weighted by Gasteiger charge is 2.53. The van der Waals surface area contributed by atoms with Gasteiger partial charge in [0.05, 0.1) is 30.3 Å². The van der Waals surface area contributed by atoms with E-state index in [1.807, 2.05) is 13.8 Å². The number of thioether (sulfide) groups is 1. The van der Waals surface area contributed by atoms with E-state index in [0.717, 1.165) is 0 Å². The van der Waals surface area contributed by atoms with Crippen molar-refractivity contribution < 1.29 is 18.7 Å². The van der Waals surface area contributed by atoms with Gasteiger partial charge in [0.2, 0.25) is 0 Å². The third-order valence-corrected chi connectivity index (χ3v) is 6.76. The summed E-state index contributed by atoms with van der Waals surface area (Å²) in [6, 6.07) is 7.81. The summed E-state index contributed by atoms with van der Waals surface area (Å²) in [5.41, 5.74) is 7.15. The van der Waals surface area contributed by atoms with Crippen molar-refractivity contribution in [3.8, 4) is 5.75 Å². The fourth-order valence-electron chi connectivity index (χ4n) is 3.89. The molecule has 1 fully saturated rings. The molecular weight excluding hydrogens is 407 g/mol. The zero-order valence-electron chi connectivity index (χ0n) is 16.7. The Kier molecular flexibility index (Phi) is 5.66. The molecule has 1 saturated heterocycles. The largest absolute Gasteiger partial charge is 0.492 e. The molecule has 0 spiro atoms. The van der Waals surface area contributed by atoms with Crippen molar-refractivity contribution >= 4 is 28.5 Å². The molecule has 0 bridgehead atoms. The first-order valence-electron chi connectivity index (χ1n) is 9.73. The number of nitrogens with two attached hydrogens (primary N) is 1. The number of anilines is 1. The second-order valence-electron chi connectivity index (χ2n) is 7.25. The SMILES string of the molecule is CCOc1ccc(C(=O)Nc2ccc(F)c([C@]34CO[C@H](C)[C@@H]3CN=C(N)S4)c2)nc1. The number of amides is 1. The van der Waals surface area contributed by atoms with Gasteiger partial charge in [-0.05, 0) is 44.2 Å². The first-order chi connectivity index (χ1) is 14.4. The van der Waals surface area contributed by atoms with Crippen LogP contribution in [0.3, 0.4) is 0 Å². The van der Waals surface area contributed by atoms with Gasteiger partial charge >= 0.3 is 0 Å². The van der Waals surface area contributed by atoms with Gasteiger partial charge < -0.3 is 20.5 Å². The number of fused-ring (bicyclic) bond motifs is 1. The van der Waals surface area contributed by atoms with Crippen molar-refractivity contribution in [1.29, 1.82) is 0 Å². The fourth-order valence-corrected chi connectivity index (χ4v) is 5.21. The van der Waals surface area contributed by atoms with Crippen LogP contribution in [-0.2, 0) is 9.48 Å². The van der Waals surface area contributed by atoms with Crippen LogP contribution < -0.4 is 15.8 Å². The topological polar surface area (TPSA) is 98.8 Å². The second kappa shape index (κ2) is 8.23. The van der Waals surface area contributed by atoms with Gasteiger partial charge in [-0.3, -0.25) is 9.79 Å². The number of carbonyl (C=O) groups excluding carboxylic acids is 1. The molecule has 3 heterocycles. The van der Waals surface area contributed by atoms with Gasteiger partial charge in [0.25, 0.3) is 5.91 Å². The average molecular weight is 431 g/mol. The fraction of sp³-hybridized carbons (Fsp3) is 0.381. The lowest BCUT2D eigenvalue weighted by atomic mass is 9.84. The minimum Gasteiger partial charge on any atom is -0.492 e. The molecule has 0 saturated carbocycles. The van der Waals surface area contributed by atoms with E-state index in [2.05, 4.69) is 15.3 Å². The second-order valence-corrected chi connectivity index (χ2v) is 8.60. The van der Waals surface area contributed by atoms with Crippen LogP contribution in [0.4, 0.5) is 10.1 Å². The standard InChI is InChI=1S/C21H23FN4O3S/c1-3-28-14-5-7-18(24-9-14)19(27)26-13-4-6-17(22)15(8-13)21-11-29-12(2)16(21)10-25-20(23)30-21/h4-9,12,16H,3,10-11H2,1-2H3,(H2,23,25)(H,26,27)/t12-,16+,21-/m1/s1. The number of rotatable bonds is 5. The molecule has 9 heteroatoms. The van der Waals surface area contributed by atoms with Crippen LogP contribution in [0.25, 0.3) is 0 Å². The maximum absolute atomic E-state index is 14.9. The normalized spacial score (nSPS) is 25.4. The average Bonchev–Trinajstić information content (AvgIpc) is 3.07. The highest BCUT2D eigenvalue weighted by molar-refractivity contribution is 8.14. The van der Waals surface area contributed by atoms with Crippen LogP contribution in [-0.4, -0.2) is 41.9 Å². The van der Waals surface area contributed by atoms with E-state index in [0.29, 0.717) is 41.9 Å². The molecule has 158 valence electrons. The first-order valence-corrected chi connectivity index (χ1v) is 10.6. The maximum Gasteiger partial charge on any atom is 0.274 e. The molecule has 2 aromatic rings. The number of ether oxygens (including phenoxy) is 2. The number of aliphatic imine (C=N–C) groups is 1. The number of nitrogens with zero attached hydrogens (tertiary/aromatic N) is 2. The van der Waals surface area contributed by atoms with E-state index in [1.54, 1.807) is 18.2 Å². The Hall–Kier alpha value is -2.65. The molecule has 30 heavy (non-hydrogen) atoms. The Morgan fingerprint density at radius 2 is 2.27 bits per heavy atom. The van der Waals surface area contributed by atoms with E-state index in [4.69, 9.17) is 15.2 Å². The Morgan fingerprint density at radius 1 is 1.43 bits per heavy atom. The number of hydrogen-bond acceptors (Lipinski definition) is 7. The molecule has 3 atom stereocenters. The van der Waals surface area contributed by atoms with Crippen molar-refractivity contribution in [2.75, 3.05) is 25.1 Å². The number of hydrogen-bond donors (Lipinski definition) is 2. The molecule has 1 amide bonds. The summed E-state index contributed by atoms with van der Waals surface area (Å²) in [7, 11) is 0. The van der Waals surface area contributed by atoms with Gasteiger partial charge in [0.15, 0.2) is 5.17 Å². The molecule has 4 rings (SSSR count). The Morgan fingerprint density at radius 3 is 3.00 bits per heavy atom. The van der Waals surface area contributed by atoms with Crippen LogP contribution in [0.15, 0.2) is 41.5 Å². The number of carbonyl (C=O) groups is 1. The zero-order chi connectivity index (χ0) is 21.3. The van der Waals surface area contributed by atoms with E-state index in [-0.39, 0.29) is 23.5 Å². The van der Waals surface area contributed by atoms with Crippen molar-refractivity contribution in [2.24, 2.45) is 16.6 Å². The highest BCUT2D eigenvalue weighted by Crippen LogP contribution is 2.52. The maximum atomic E-state index is 14.9. The molecule has 2 aliphatic heterocycles. The van der Waals surface area contributed by atoms with Gasteiger partial charge in [-0.1, -0.05) is 11.8 Å². The van der Waals surface area contributed by atoms with Gasteiger partial charge in [0.1, 0.15) is 17.3 Å². The molecule has 0 unspecified atom stereocenters. The van der Waals surface area contributed by atoms with Crippen LogP contribution in [0, 0.1) is 11.7 Å². The quantitative estimate of drug-likeness (QED) is 0.756. The minimum atomic E-state index is -0.673. The van der Waals surface area contributed by atoms with Crippen LogP contribution in [0.5, 0.6) is 5.75 Å². The predicted molar refractivity (Wildman–Crippen MR) is 114 cm³/mol. The van der Waals surface area contributed by atoms with E-state index in [9.17, 15) is 9.18 Å². The van der Waals surface area contributed by atoms with Crippen molar-refractivity contribution in [1.82, 2.24) is 4.98 Å². The van der Waals surface area contributed by atoms with Crippen molar-refractivity contribution in [3.63, 3.8) is 0 Å². The lowest BCUT2D eigenvalue weighted by Crippen LogP contribution is -2.41. The molecule has 3 N–H and O–H groups in total. The molecule has 1 aromatic heterocycles. The minimum absolute atomic E-state index is 0.0111. The summed E-state index contributed by atoms with van der Waals surface area (Å²) in [5, 5.41) is 3.21. The molecular formula is C21H23FN4O3S. The third-order valence-electron chi connectivity index (χ3n) is 5.42. The lowest BCUT2D eigenvalue weighted by molar-refractivity contribution is 0.102. The number of aromatic nitrogens is 1. The Balaban J connectivity index is 1.60. The van der Waals surface area contributed by atoms with Gasteiger partial charge in [-0.15, -0.1) is 0 Å². The van der Waals surface area contributed by atoms with Crippen molar-refractivity contribution in [3.05, 3.63) is 53.6 Å². The summed E-state index contributed by atoms with van der Waals surface area (Å²) in [5.74, 6) is -0.176. The van der Waals surface area contributed by atoms with Crippen LogP contribution in [0.1, 0.15) is 29.9 Å². The molecule has 0 aliphatic carbocycles. The van der Waals surface area contributed by atoms with Crippen LogP contribution in [0.2, 0.25) is 0 Å². The van der Waals surface area contributed by atoms with Gasteiger partial charge in [-0.25, -0.2) is 9.37 Å². The smallest absolute Gasteiger partial charge is 0.274 e. The van der Waals surface area contributed by atoms with Crippen LogP contribution >= 0.6 is 11.8 Å². The summed E-state index contributed by atoms with van der Waals surface area (Å²) >= 11 is 1.33. The molecule has 7 nitrogen and oxygen atoms in total. The zero-order valence-corrected chi connectivity index (χ0v) is 17.5. The molecule has 0 radical (unpaired) electrons. The van der Waals surface area contributed by atoms with E-state index < -0.39 is 10.7 Å². The highest BCUT2D eigenvalue weighted by atomic mass is 32.2. The first kappa shape index (κ1) is 20.6. The summed E-state index contributed by atoms with van der Waals surface area (Å²) in [6.07, 6.45) is 1.43. The van der Waals surface area contributed by atoms with Gasteiger partial charge in [0, 0.05) is 23.7 Å². The number of halogens is 1. The lowest BCUT2D eigenvalue weighted by Gasteiger charge is -2.37. The summed E-state index contributed by atoms with van der Waals surface area (Å²) in [4.78, 5) is 21.1. The summed E-state index contributed by atoms with van der Waals surface area (Å²) in [6.45, 7) is 5.16. The van der Waals surface area contributed by atoms with E-state index >= 15 is 0 Å². The van der Waals surface area contributed by atoms with Gasteiger partial charge in [-0.2, -0.15) is 0 Å². The van der Waals surface area contributed by atoms with E-state index in [1.165, 1.54) is 30.1 Å². The summed E-state index contributed by atoms with van der Waals surface area (Å²) < 4.78 is 25.5. The molecule has 2 aliphatic rings. The Labute approximate surface area is 178 Å². The van der Waals surface area contributed by atoms with Crippen molar-refractivity contribution in [2.45, 2.75) is 24.7 Å². The molecule has 1 aromatic carbocycles. The number of amidine groups is 1.